The van der Waals surface area contributed by atoms with E-state index in [2.05, 4.69) is 20.9 Å². The van der Waals surface area contributed by atoms with Gasteiger partial charge in [-0.3, -0.25) is 19.8 Å². The van der Waals surface area contributed by atoms with E-state index in [0.29, 0.717) is 11.4 Å². The lowest BCUT2D eigenvalue weighted by Crippen LogP contribution is -2.56. The predicted octanol–water partition coefficient (Wildman–Crippen LogP) is 2.57. The number of carbonyl (C=O) groups is 3. The van der Waals surface area contributed by atoms with Crippen LogP contribution in [0.2, 0.25) is 0 Å². The molecule has 3 N–H and O–H groups in total. The average molecular weight is 475 g/mol. The number of fused-ring (bicyclic) bond motifs is 1. The second-order valence-electron chi connectivity index (χ2n) is 8.23. The van der Waals surface area contributed by atoms with Gasteiger partial charge in [-0.1, -0.05) is 26.0 Å². The number of ether oxygens (including phenoxy) is 1. The fourth-order valence-corrected chi connectivity index (χ4v) is 3.50. The number of carbonyl (C=O) groups excluding carboxylic acids is 3. The van der Waals surface area contributed by atoms with Crippen LogP contribution in [0.15, 0.2) is 36.5 Å². The first kappa shape index (κ1) is 25.0. The lowest BCUT2D eigenvalue weighted by atomic mass is 10.0. The van der Waals surface area contributed by atoms with Gasteiger partial charge in [-0.15, -0.1) is 0 Å². The zero-order chi connectivity index (χ0) is 25.0. The van der Waals surface area contributed by atoms with E-state index >= 15 is 0 Å². The monoisotopic (exact) mass is 475 g/mol. The van der Waals surface area contributed by atoms with Crippen molar-refractivity contribution >= 4 is 29.4 Å². The molecular weight excluding hydrogens is 448 g/mol. The van der Waals surface area contributed by atoms with Crippen LogP contribution in [-0.4, -0.2) is 48.3 Å². The second kappa shape index (κ2) is 10.6. The van der Waals surface area contributed by atoms with E-state index in [-0.39, 0.29) is 18.2 Å². The van der Waals surface area contributed by atoms with Crippen LogP contribution in [0.1, 0.15) is 26.3 Å². The molecule has 1 aromatic heterocycles. The maximum Gasteiger partial charge on any atom is 0.413 e. The van der Waals surface area contributed by atoms with Crippen LogP contribution in [0.25, 0.3) is 0 Å². The normalized spacial score (nSPS) is 16.6. The minimum absolute atomic E-state index is 0.139. The van der Waals surface area contributed by atoms with Crippen LogP contribution in [-0.2, 0) is 20.7 Å². The Labute approximate surface area is 195 Å². The van der Waals surface area contributed by atoms with E-state index in [1.807, 2.05) is 0 Å². The number of pyridine rings is 1. The molecule has 0 unspecified atom stereocenters. The maximum absolute atomic E-state index is 13.9. The standard InChI is InChI=1S/C23H27F2N5O4/c1-12(2)19(29-21(31)13(3)26-4)22(32)30-17(11-14-7-6-10-27-20(14)30)34-23(33)28-16-9-5-8-15(24)18(16)25/h5-10,12-13,17,19,26H,11H2,1-4H3,(H,28,33)(H,29,31)/t13-,17-,19-/m0/s1. The molecule has 34 heavy (non-hydrogen) atoms. The Kier molecular flexibility index (Phi) is 7.77. The van der Waals surface area contributed by atoms with Gasteiger partial charge in [0.1, 0.15) is 11.9 Å². The molecule has 2 aromatic rings. The minimum Gasteiger partial charge on any atom is -0.424 e. The van der Waals surface area contributed by atoms with E-state index < -0.39 is 47.6 Å². The summed E-state index contributed by atoms with van der Waals surface area (Å²) in [6.07, 6.45) is -0.544. The van der Waals surface area contributed by atoms with Crippen LogP contribution in [0.3, 0.4) is 0 Å². The third kappa shape index (κ3) is 5.30. The molecule has 3 rings (SSSR count). The van der Waals surface area contributed by atoms with Crippen molar-refractivity contribution in [1.82, 2.24) is 15.6 Å². The number of nitrogens with zero attached hydrogens (tertiary/aromatic N) is 2. The van der Waals surface area contributed by atoms with Gasteiger partial charge in [-0.05, 0) is 38.1 Å². The zero-order valence-electron chi connectivity index (χ0n) is 19.3. The first-order chi connectivity index (χ1) is 16.1. The number of anilines is 2. The van der Waals surface area contributed by atoms with Crippen molar-refractivity contribution in [1.29, 1.82) is 0 Å². The summed E-state index contributed by atoms with van der Waals surface area (Å²) in [4.78, 5) is 44.0. The van der Waals surface area contributed by atoms with Crippen molar-refractivity contribution in [2.24, 2.45) is 5.92 Å². The Morgan fingerprint density at radius 2 is 1.88 bits per heavy atom. The van der Waals surface area contributed by atoms with Crippen LogP contribution in [0.4, 0.5) is 25.1 Å². The van der Waals surface area contributed by atoms with Gasteiger partial charge < -0.3 is 15.4 Å². The largest absolute Gasteiger partial charge is 0.424 e. The predicted molar refractivity (Wildman–Crippen MR) is 121 cm³/mol. The summed E-state index contributed by atoms with van der Waals surface area (Å²) in [7, 11) is 1.63. The number of amides is 3. The minimum atomic E-state index is -1.23. The molecule has 1 aliphatic rings. The molecular formula is C23H27F2N5O4. The van der Waals surface area contributed by atoms with Crippen molar-refractivity contribution in [3.05, 3.63) is 53.7 Å². The molecule has 0 radical (unpaired) electrons. The van der Waals surface area contributed by atoms with Crippen LogP contribution >= 0.6 is 0 Å². The Hall–Kier alpha value is -3.60. The molecule has 1 aromatic carbocycles. The number of benzene rings is 1. The average Bonchev–Trinajstić information content (AvgIpc) is 3.16. The van der Waals surface area contributed by atoms with E-state index in [1.54, 1.807) is 40.0 Å². The third-order valence-corrected chi connectivity index (χ3v) is 5.50. The molecule has 0 fully saturated rings. The number of nitrogens with one attached hydrogen (secondary N) is 3. The van der Waals surface area contributed by atoms with Crippen molar-refractivity contribution in [3.8, 4) is 0 Å². The Balaban J connectivity index is 1.84. The Morgan fingerprint density at radius 3 is 2.56 bits per heavy atom. The summed E-state index contributed by atoms with van der Waals surface area (Å²) in [5.74, 6) is -3.23. The second-order valence-corrected chi connectivity index (χ2v) is 8.23. The molecule has 0 bridgehead atoms. The molecule has 0 aliphatic carbocycles. The summed E-state index contributed by atoms with van der Waals surface area (Å²) in [5.41, 5.74) is 0.257. The third-order valence-electron chi connectivity index (χ3n) is 5.50. The number of hydrogen-bond donors (Lipinski definition) is 3. The van der Waals surface area contributed by atoms with Crippen molar-refractivity contribution in [2.45, 2.75) is 45.5 Å². The summed E-state index contributed by atoms with van der Waals surface area (Å²) >= 11 is 0. The highest BCUT2D eigenvalue weighted by molar-refractivity contribution is 6.01. The van der Waals surface area contributed by atoms with Crippen molar-refractivity contribution < 1.29 is 27.9 Å². The van der Waals surface area contributed by atoms with Gasteiger partial charge in [0.05, 0.1) is 11.7 Å². The fourth-order valence-electron chi connectivity index (χ4n) is 3.50. The first-order valence-corrected chi connectivity index (χ1v) is 10.8. The lowest BCUT2D eigenvalue weighted by Gasteiger charge is -2.31. The number of aromatic nitrogens is 1. The van der Waals surface area contributed by atoms with Gasteiger partial charge in [0.25, 0.3) is 5.91 Å². The number of halogens is 2. The Bertz CT molecular complexity index is 1080. The maximum atomic E-state index is 13.9. The topological polar surface area (TPSA) is 113 Å². The molecule has 0 spiro atoms. The van der Waals surface area contributed by atoms with Crippen LogP contribution < -0.4 is 20.9 Å². The molecule has 0 saturated heterocycles. The van der Waals surface area contributed by atoms with Gasteiger partial charge in [0, 0.05) is 18.2 Å². The van der Waals surface area contributed by atoms with Crippen molar-refractivity contribution in [2.75, 3.05) is 17.3 Å². The summed E-state index contributed by atoms with van der Waals surface area (Å²) in [6, 6.07) is 5.30. The molecule has 182 valence electrons. The van der Waals surface area contributed by atoms with Crippen molar-refractivity contribution in [3.63, 3.8) is 0 Å². The molecule has 9 nitrogen and oxygen atoms in total. The van der Waals surface area contributed by atoms with Gasteiger partial charge in [0.2, 0.25) is 5.91 Å². The van der Waals surface area contributed by atoms with Gasteiger partial charge in [-0.2, -0.15) is 0 Å². The van der Waals surface area contributed by atoms with E-state index in [1.165, 1.54) is 23.2 Å². The molecule has 2 heterocycles. The summed E-state index contributed by atoms with van der Waals surface area (Å²) < 4.78 is 32.8. The molecule has 3 amide bonds. The van der Waals surface area contributed by atoms with E-state index in [0.717, 1.165) is 6.07 Å². The molecule has 1 aliphatic heterocycles. The van der Waals surface area contributed by atoms with E-state index in [9.17, 15) is 23.2 Å². The highest BCUT2D eigenvalue weighted by Crippen LogP contribution is 2.32. The summed E-state index contributed by atoms with van der Waals surface area (Å²) in [6.45, 7) is 5.21. The van der Waals surface area contributed by atoms with Crippen LogP contribution in [0.5, 0.6) is 0 Å². The quantitative estimate of drug-likeness (QED) is 0.568. The smallest absolute Gasteiger partial charge is 0.413 e. The van der Waals surface area contributed by atoms with Gasteiger partial charge in [0.15, 0.2) is 17.9 Å². The van der Waals surface area contributed by atoms with Gasteiger partial charge >= 0.3 is 6.09 Å². The summed E-state index contributed by atoms with van der Waals surface area (Å²) in [5, 5.41) is 7.71. The van der Waals surface area contributed by atoms with Gasteiger partial charge in [-0.25, -0.2) is 18.6 Å². The Morgan fingerprint density at radius 1 is 1.15 bits per heavy atom. The van der Waals surface area contributed by atoms with Crippen LogP contribution in [0, 0.1) is 17.6 Å². The molecule has 0 saturated carbocycles. The van der Waals surface area contributed by atoms with E-state index in [4.69, 9.17) is 4.74 Å². The number of hydrogen-bond acceptors (Lipinski definition) is 6. The molecule has 11 heteroatoms. The highest BCUT2D eigenvalue weighted by atomic mass is 19.2. The molecule has 3 atom stereocenters. The lowest BCUT2D eigenvalue weighted by molar-refractivity contribution is -0.130. The number of likely N-dealkylation sites (N-methyl/N-ethyl adjacent to an activating group) is 1. The fraction of sp³-hybridized carbons (Fsp3) is 0.391. The highest BCUT2D eigenvalue weighted by Gasteiger charge is 2.42. The zero-order valence-corrected chi connectivity index (χ0v) is 19.3. The first-order valence-electron chi connectivity index (χ1n) is 10.8. The SMILES string of the molecule is CN[C@@H](C)C(=O)N[C@H](C(=O)N1c2ncccc2C[C@@H]1OC(=O)Nc1cccc(F)c1F)C(C)C. The number of rotatable bonds is 7.